The Balaban J connectivity index is 1.67. The maximum atomic E-state index is 13.3. The van der Waals surface area contributed by atoms with Crippen LogP contribution in [-0.2, 0) is 0 Å². The van der Waals surface area contributed by atoms with Crippen molar-refractivity contribution in [3.63, 3.8) is 0 Å². The number of carbonyl (C=O) groups excluding carboxylic acids is 3. The van der Waals surface area contributed by atoms with Gasteiger partial charge in [-0.15, -0.1) is 0 Å². The van der Waals surface area contributed by atoms with Gasteiger partial charge in [0.2, 0.25) is 0 Å². The maximum Gasteiger partial charge on any atom is 0.178 e. The molecule has 0 aromatic heterocycles. The normalized spacial score (nSPS) is 21.9. The topological polar surface area (TPSA) is 51.2 Å². The molecule has 1 spiro atoms. The molecule has 0 aliphatic heterocycles. The van der Waals surface area contributed by atoms with E-state index in [1.54, 1.807) is 48.5 Å². The highest BCUT2D eigenvalue weighted by Crippen LogP contribution is 2.70. The van der Waals surface area contributed by atoms with E-state index in [4.69, 9.17) is 0 Å². The molecule has 0 bridgehead atoms. The second kappa shape index (κ2) is 5.58. The van der Waals surface area contributed by atoms with Crippen LogP contribution < -0.4 is 0 Å². The van der Waals surface area contributed by atoms with Gasteiger partial charge in [-0.3, -0.25) is 14.4 Å². The van der Waals surface area contributed by atoms with Crippen molar-refractivity contribution in [2.75, 3.05) is 0 Å². The summed E-state index contributed by atoms with van der Waals surface area (Å²) in [6, 6.07) is 25.3. The van der Waals surface area contributed by atoms with Crippen LogP contribution in [0.3, 0.4) is 0 Å². The first-order valence-electron chi connectivity index (χ1n) is 9.00. The first-order chi connectivity index (χ1) is 13.2. The van der Waals surface area contributed by atoms with Crippen molar-refractivity contribution in [3.8, 4) is 0 Å². The lowest BCUT2D eigenvalue weighted by atomic mass is 9.91. The summed E-state index contributed by atoms with van der Waals surface area (Å²) >= 11 is 0. The van der Waals surface area contributed by atoms with Gasteiger partial charge in [-0.25, -0.2) is 0 Å². The third-order valence-corrected chi connectivity index (χ3v) is 5.87. The van der Waals surface area contributed by atoms with Crippen LogP contribution in [0.15, 0.2) is 84.9 Å². The molecule has 0 amide bonds. The van der Waals surface area contributed by atoms with Crippen LogP contribution in [0, 0.1) is 11.3 Å². The standard InChI is InChI=1S/C24H16O3/c25-21(16-11-5-2-6-12-16)20-19(15-9-3-1-4-10-15)24(20)22(26)17-13-7-8-14-18(17)23(24)27/h1-14,19-20H/t19-,20+/m0/s1. The summed E-state index contributed by atoms with van der Waals surface area (Å²) in [5, 5.41) is 0. The monoisotopic (exact) mass is 352 g/mol. The van der Waals surface area contributed by atoms with Gasteiger partial charge in [0.1, 0.15) is 5.41 Å². The number of Topliss-reactive ketones (excluding diaryl/α,β-unsaturated/α-hetero) is 3. The maximum absolute atomic E-state index is 13.3. The second-order valence-electron chi connectivity index (χ2n) is 7.17. The van der Waals surface area contributed by atoms with Gasteiger partial charge in [-0.1, -0.05) is 84.9 Å². The van der Waals surface area contributed by atoms with Crippen molar-refractivity contribution in [1.82, 2.24) is 0 Å². The zero-order valence-electron chi connectivity index (χ0n) is 14.5. The van der Waals surface area contributed by atoms with Crippen molar-refractivity contribution in [2.45, 2.75) is 5.92 Å². The quantitative estimate of drug-likeness (QED) is 0.520. The Hall–Kier alpha value is -3.33. The molecule has 0 heterocycles. The highest BCUT2D eigenvalue weighted by molar-refractivity contribution is 6.35. The van der Waals surface area contributed by atoms with E-state index in [0.717, 1.165) is 5.56 Å². The Morgan fingerprint density at radius 2 is 1.15 bits per heavy atom. The Morgan fingerprint density at radius 1 is 0.667 bits per heavy atom. The van der Waals surface area contributed by atoms with E-state index < -0.39 is 17.3 Å². The second-order valence-corrected chi connectivity index (χ2v) is 7.17. The van der Waals surface area contributed by atoms with E-state index in [2.05, 4.69) is 0 Å². The lowest BCUT2D eigenvalue weighted by molar-refractivity contribution is 0.0764. The van der Waals surface area contributed by atoms with Crippen molar-refractivity contribution in [2.24, 2.45) is 11.3 Å². The molecule has 0 saturated heterocycles. The van der Waals surface area contributed by atoms with Crippen LogP contribution in [0.5, 0.6) is 0 Å². The number of hydrogen-bond donors (Lipinski definition) is 0. The van der Waals surface area contributed by atoms with Crippen LogP contribution in [0.2, 0.25) is 0 Å². The fraction of sp³-hybridized carbons (Fsp3) is 0.125. The first-order valence-corrected chi connectivity index (χ1v) is 9.00. The van der Waals surface area contributed by atoms with Gasteiger partial charge in [0.25, 0.3) is 0 Å². The molecular formula is C24H16O3. The van der Waals surface area contributed by atoms with E-state index in [-0.39, 0.29) is 17.3 Å². The molecule has 2 aliphatic carbocycles. The van der Waals surface area contributed by atoms with Crippen LogP contribution in [0.1, 0.15) is 42.6 Å². The lowest BCUT2D eigenvalue weighted by Gasteiger charge is -2.06. The number of fused-ring (bicyclic) bond motifs is 1. The number of carbonyl (C=O) groups is 3. The molecule has 2 aliphatic rings. The predicted octanol–water partition coefficient (Wildman–Crippen LogP) is 4.35. The fourth-order valence-electron chi connectivity index (χ4n) is 4.64. The zero-order chi connectivity index (χ0) is 18.6. The summed E-state index contributed by atoms with van der Waals surface area (Å²) in [5.41, 5.74) is 0.981. The van der Waals surface area contributed by atoms with Gasteiger partial charge in [0, 0.05) is 22.6 Å². The molecule has 2 atom stereocenters. The van der Waals surface area contributed by atoms with Crippen LogP contribution in [-0.4, -0.2) is 17.3 Å². The highest BCUT2D eigenvalue weighted by atomic mass is 16.2. The fourth-order valence-corrected chi connectivity index (χ4v) is 4.64. The van der Waals surface area contributed by atoms with Crippen LogP contribution in [0.25, 0.3) is 0 Å². The van der Waals surface area contributed by atoms with E-state index in [1.165, 1.54) is 0 Å². The van der Waals surface area contributed by atoms with Crippen molar-refractivity contribution >= 4 is 17.3 Å². The molecule has 3 aromatic carbocycles. The number of rotatable bonds is 3. The summed E-state index contributed by atoms with van der Waals surface area (Å²) in [7, 11) is 0. The third kappa shape index (κ3) is 2.00. The number of ketones is 3. The number of benzene rings is 3. The molecule has 1 saturated carbocycles. The molecule has 0 N–H and O–H groups in total. The highest BCUT2D eigenvalue weighted by Gasteiger charge is 2.78. The molecule has 130 valence electrons. The Morgan fingerprint density at radius 3 is 1.70 bits per heavy atom. The minimum atomic E-state index is -1.29. The van der Waals surface area contributed by atoms with E-state index in [1.807, 2.05) is 36.4 Å². The van der Waals surface area contributed by atoms with Crippen molar-refractivity contribution < 1.29 is 14.4 Å². The molecule has 3 heteroatoms. The van der Waals surface area contributed by atoms with Gasteiger partial charge < -0.3 is 0 Å². The van der Waals surface area contributed by atoms with Crippen molar-refractivity contribution in [3.05, 3.63) is 107 Å². The summed E-state index contributed by atoms with van der Waals surface area (Å²) in [6.45, 7) is 0. The minimum Gasteiger partial charge on any atom is -0.294 e. The molecular weight excluding hydrogens is 336 g/mol. The molecule has 0 radical (unpaired) electrons. The predicted molar refractivity (Wildman–Crippen MR) is 101 cm³/mol. The molecule has 3 nitrogen and oxygen atoms in total. The lowest BCUT2D eigenvalue weighted by Crippen LogP contribution is -2.23. The summed E-state index contributed by atoms with van der Waals surface area (Å²) < 4.78 is 0. The summed E-state index contributed by atoms with van der Waals surface area (Å²) in [5.74, 6) is -1.65. The van der Waals surface area contributed by atoms with Crippen LogP contribution in [0.4, 0.5) is 0 Å². The molecule has 3 aromatic rings. The molecule has 0 unspecified atom stereocenters. The Bertz CT molecular complexity index is 1050. The smallest absolute Gasteiger partial charge is 0.178 e. The van der Waals surface area contributed by atoms with Gasteiger partial charge >= 0.3 is 0 Å². The van der Waals surface area contributed by atoms with E-state index in [9.17, 15) is 14.4 Å². The van der Waals surface area contributed by atoms with Gasteiger partial charge in [-0.2, -0.15) is 0 Å². The van der Waals surface area contributed by atoms with Gasteiger partial charge in [0.15, 0.2) is 17.3 Å². The average Bonchev–Trinajstić information content (AvgIpc) is 3.39. The Kier molecular flexibility index (Phi) is 3.28. The van der Waals surface area contributed by atoms with Crippen molar-refractivity contribution in [1.29, 1.82) is 0 Å². The van der Waals surface area contributed by atoms with Gasteiger partial charge in [0.05, 0.1) is 5.92 Å². The average molecular weight is 352 g/mol. The van der Waals surface area contributed by atoms with E-state index >= 15 is 0 Å². The van der Waals surface area contributed by atoms with Crippen LogP contribution >= 0.6 is 0 Å². The zero-order valence-corrected chi connectivity index (χ0v) is 14.5. The summed E-state index contributed by atoms with van der Waals surface area (Å²) in [4.78, 5) is 40.0. The SMILES string of the molecule is O=C(c1ccccc1)[C@H]1[C@H](c2ccccc2)C12C(=O)c1ccccc1C2=O. The largest absolute Gasteiger partial charge is 0.294 e. The van der Waals surface area contributed by atoms with Gasteiger partial charge in [-0.05, 0) is 5.56 Å². The number of hydrogen-bond acceptors (Lipinski definition) is 3. The Labute approximate surface area is 156 Å². The molecule has 5 rings (SSSR count). The molecule has 1 fully saturated rings. The minimum absolute atomic E-state index is 0.140. The first kappa shape index (κ1) is 15.9. The van der Waals surface area contributed by atoms with E-state index in [0.29, 0.717) is 16.7 Å². The summed E-state index contributed by atoms with van der Waals surface area (Å²) in [6.07, 6.45) is 0. The third-order valence-electron chi connectivity index (χ3n) is 5.87. The molecule has 27 heavy (non-hydrogen) atoms.